The first-order valence-electron chi connectivity index (χ1n) is 5.44. The van der Waals surface area contributed by atoms with Crippen LogP contribution in [0.3, 0.4) is 0 Å². The molecule has 0 bridgehead atoms. The average Bonchev–Trinajstić information content (AvgIpc) is 2.34. The lowest BCUT2D eigenvalue weighted by Gasteiger charge is -2.09. The normalized spacial score (nSPS) is 10.1. The summed E-state index contributed by atoms with van der Waals surface area (Å²) < 4.78 is 26.1. The van der Waals surface area contributed by atoms with Crippen molar-refractivity contribution in [2.45, 2.75) is 6.42 Å². The highest BCUT2D eigenvalue weighted by atomic mass is 32.1. The van der Waals surface area contributed by atoms with Gasteiger partial charge in [0.2, 0.25) is 0 Å². The van der Waals surface area contributed by atoms with Gasteiger partial charge in [-0.1, -0.05) is 42.5 Å². The Labute approximate surface area is 109 Å². The molecule has 0 aromatic heterocycles. The Bertz CT molecular complexity index is 555. The molecule has 18 heavy (non-hydrogen) atoms. The maximum absolute atomic E-state index is 13.4. The number of rotatable bonds is 3. The molecule has 0 fully saturated rings. The minimum Gasteiger partial charge on any atom is -0.347 e. The van der Waals surface area contributed by atoms with Gasteiger partial charge in [-0.25, -0.2) is 8.78 Å². The molecule has 0 heterocycles. The summed E-state index contributed by atoms with van der Waals surface area (Å²) in [7, 11) is 0. The Balaban J connectivity index is 2.03. The molecule has 1 nitrogen and oxygen atoms in total. The second-order valence-corrected chi connectivity index (χ2v) is 4.33. The molecule has 0 atom stereocenters. The molecule has 0 saturated carbocycles. The van der Waals surface area contributed by atoms with Crippen molar-refractivity contribution in [2.24, 2.45) is 0 Å². The van der Waals surface area contributed by atoms with Gasteiger partial charge in [0, 0.05) is 12.5 Å². The number of benzene rings is 2. The van der Waals surface area contributed by atoms with E-state index in [1.807, 2.05) is 30.3 Å². The zero-order chi connectivity index (χ0) is 13.0. The third-order valence-electron chi connectivity index (χ3n) is 2.41. The summed E-state index contributed by atoms with van der Waals surface area (Å²) in [6.45, 7) is 0. The first-order valence-corrected chi connectivity index (χ1v) is 5.85. The van der Waals surface area contributed by atoms with Crippen molar-refractivity contribution < 1.29 is 8.78 Å². The van der Waals surface area contributed by atoms with Gasteiger partial charge in [-0.3, -0.25) is 0 Å². The van der Waals surface area contributed by atoms with Crippen LogP contribution in [0, 0.1) is 11.6 Å². The van der Waals surface area contributed by atoms with Crippen molar-refractivity contribution >= 4 is 22.9 Å². The molecular formula is C14H11F2NS. The largest absolute Gasteiger partial charge is 0.347 e. The van der Waals surface area contributed by atoms with Crippen LogP contribution in [0.25, 0.3) is 0 Å². The monoisotopic (exact) mass is 263 g/mol. The predicted octanol–water partition coefficient (Wildman–Crippen LogP) is 3.95. The first-order chi connectivity index (χ1) is 8.65. The molecule has 4 heteroatoms. The standard InChI is InChI=1S/C14H11F2NS/c15-11-6-7-13(12(16)9-11)17-14(18)8-10-4-2-1-3-5-10/h1-7,9H,8H2,(H,17,18). The van der Waals surface area contributed by atoms with Crippen molar-refractivity contribution in [1.82, 2.24) is 0 Å². The molecule has 1 N–H and O–H groups in total. The van der Waals surface area contributed by atoms with Crippen LogP contribution in [0.2, 0.25) is 0 Å². The zero-order valence-corrected chi connectivity index (χ0v) is 10.3. The minimum absolute atomic E-state index is 0.192. The SMILES string of the molecule is Fc1ccc(NC(=S)Cc2ccccc2)c(F)c1. The summed E-state index contributed by atoms with van der Waals surface area (Å²) in [5.74, 6) is -1.25. The molecule has 0 aliphatic carbocycles. The maximum Gasteiger partial charge on any atom is 0.149 e. The average molecular weight is 263 g/mol. The highest BCUT2D eigenvalue weighted by Gasteiger charge is 2.05. The lowest BCUT2D eigenvalue weighted by molar-refractivity contribution is 0.586. The Morgan fingerprint density at radius 3 is 2.44 bits per heavy atom. The Hall–Kier alpha value is -1.81. The van der Waals surface area contributed by atoms with Crippen LogP contribution in [0.4, 0.5) is 14.5 Å². The summed E-state index contributed by atoms with van der Waals surface area (Å²) in [5, 5.41) is 2.78. The van der Waals surface area contributed by atoms with Crippen LogP contribution in [0.5, 0.6) is 0 Å². The summed E-state index contributed by atoms with van der Waals surface area (Å²) in [5.41, 5.74) is 1.23. The molecule has 0 amide bonds. The first kappa shape index (κ1) is 12.6. The maximum atomic E-state index is 13.4. The molecule has 2 aromatic carbocycles. The fraction of sp³-hybridized carbons (Fsp3) is 0.0714. The Morgan fingerprint density at radius 2 is 1.78 bits per heavy atom. The third-order valence-corrected chi connectivity index (χ3v) is 2.66. The van der Waals surface area contributed by atoms with E-state index < -0.39 is 11.6 Å². The van der Waals surface area contributed by atoms with E-state index in [1.165, 1.54) is 12.1 Å². The van der Waals surface area contributed by atoms with Crippen molar-refractivity contribution in [3.8, 4) is 0 Å². The fourth-order valence-electron chi connectivity index (χ4n) is 1.57. The van der Waals surface area contributed by atoms with Crippen LogP contribution >= 0.6 is 12.2 Å². The summed E-state index contributed by atoms with van der Waals surface area (Å²) in [6.07, 6.45) is 0.521. The molecule has 2 rings (SSSR count). The van der Waals surface area contributed by atoms with Crippen LogP contribution in [0.15, 0.2) is 48.5 Å². The smallest absolute Gasteiger partial charge is 0.149 e. The van der Waals surface area contributed by atoms with E-state index in [1.54, 1.807) is 0 Å². The topological polar surface area (TPSA) is 12.0 Å². The van der Waals surface area contributed by atoms with E-state index in [0.29, 0.717) is 11.4 Å². The van der Waals surface area contributed by atoms with E-state index in [9.17, 15) is 8.78 Å². The lowest BCUT2D eigenvalue weighted by Crippen LogP contribution is -2.13. The van der Waals surface area contributed by atoms with Gasteiger partial charge < -0.3 is 5.32 Å². The van der Waals surface area contributed by atoms with Gasteiger partial charge in [0.05, 0.1) is 10.7 Å². The second-order valence-electron chi connectivity index (χ2n) is 3.83. The molecule has 2 aromatic rings. The molecule has 0 spiro atoms. The number of thiocarbonyl (C=S) groups is 1. The van der Waals surface area contributed by atoms with Crippen LogP contribution in [-0.2, 0) is 6.42 Å². The van der Waals surface area contributed by atoms with Gasteiger partial charge in [0.25, 0.3) is 0 Å². The van der Waals surface area contributed by atoms with Gasteiger partial charge in [-0.05, 0) is 17.7 Å². The van der Waals surface area contributed by atoms with E-state index >= 15 is 0 Å². The van der Waals surface area contributed by atoms with Gasteiger partial charge >= 0.3 is 0 Å². The zero-order valence-electron chi connectivity index (χ0n) is 9.49. The van der Waals surface area contributed by atoms with E-state index in [0.717, 1.165) is 11.6 Å². The summed E-state index contributed by atoms with van der Waals surface area (Å²) in [4.78, 5) is 0.492. The number of hydrogen-bond donors (Lipinski definition) is 1. The number of hydrogen-bond acceptors (Lipinski definition) is 1. The van der Waals surface area contributed by atoms with Gasteiger partial charge in [0.1, 0.15) is 11.6 Å². The quantitative estimate of drug-likeness (QED) is 0.842. The van der Waals surface area contributed by atoms with Gasteiger partial charge in [0.15, 0.2) is 0 Å². The fourth-order valence-corrected chi connectivity index (χ4v) is 1.84. The number of anilines is 1. The Kier molecular flexibility index (Phi) is 3.99. The van der Waals surface area contributed by atoms with Gasteiger partial charge in [-0.15, -0.1) is 0 Å². The van der Waals surface area contributed by atoms with E-state index in [4.69, 9.17) is 12.2 Å². The molecule has 0 unspecified atom stereocenters. The molecular weight excluding hydrogens is 252 g/mol. The summed E-state index contributed by atoms with van der Waals surface area (Å²) >= 11 is 5.14. The highest BCUT2D eigenvalue weighted by Crippen LogP contribution is 2.15. The van der Waals surface area contributed by atoms with Crippen LogP contribution in [-0.4, -0.2) is 4.99 Å². The van der Waals surface area contributed by atoms with Crippen molar-refractivity contribution in [2.75, 3.05) is 5.32 Å². The summed E-state index contributed by atoms with van der Waals surface area (Å²) in [6, 6.07) is 13.0. The predicted molar refractivity (Wildman–Crippen MR) is 72.7 cm³/mol. The van der Waals surface area contributed by atoms with Crippen molar-refractivity contribution in [1.29, 1.82) is 0 Å². The minimum atomic E-state index is -0.648. The third kappa shape index (κ3) is 3.34. The number of nitrogens with one attached hydrogen (secondary N) is 1. The highest BCUT2D eigenvalue weighted by molar-refractivity contribution is 7.80. The molecule has 0 radical (unpaired) electrons. The molecule has 0 saturated heterocycles. The van der Waals surface area contributed by atoms with Crippen LogP contribution < -0.4 is 5.32 Å². The Morgan fingerprint density at radius 1 is 1.06 bits per heavy atom. The number of halogens is 2. The molecule has 0 aliphatic rings. The van der Waals surface area contributed by atoms with Gasteiger partial charge in [-0.2, -0.15) is 0 Å². The van der Waals surface area contributed by atoms with Crippen molar-refractivity contribution in [3.05, 3.63) is 65.7 Å². The van der Waals surface area contributed by atoms with E-state index in [-0.39, 0.29) is 5.69 Å². The lowest BCUT2D eigenvalue weighted by atomic mass is 10.1. The van der Waals surface area contributed by atoms with Crippen molar-refractivity contribution in [3.63, 3.8) is 0 Å². The van der Waals surface area contributed by atoms with E-state index in [2.05, 4.69) is 5.32 Å². The molecule has 0 aliphatic heterocycles. The van der Waals surface area contributed by atoms with Crippen LogP contribution in [0.1, 0.15) is 5.56 Å². The molecule has 92 valence electrons. The second kappa shape index (κ2) is 5.69.